The minimum absolute atomic E-state index is 0.592. The molecule has 0 amide bonds. The van der Waals surface area contributed by atoms with Gasteiger partial charge in [-0.05, 0) is 61.1 Å². The highest BCUT2D eigenvalue weighted by atomic mass is 32.2. The van der Waals surface area contributed by atoms with Crippen molar-refractivity contribution in [3.8, 4) is 0 Å². The van der Waals surface area contributed by atoms with E-state index >= 15 is 0 Å². The van der Waals surface area contributed by atoms with Crippen molar-refractivity contribution in [2.75, 3.05) is 12.5 Å². The van der Waals surface area contributed by atoms with Crippen LogP contribution in [0, 0.1) is 6.92 Å². The molecule has 0 spiro atoms. The van der Waals surface area contributed by atoms with E-state index in [4.69, 9.17) is 0 Å². The Bertz CT molecular complexity index is 534. The van der Waals surface area contributed by atoms with Crippen molar-refractivity contribution in [1.29, 1.82) is 0 Å². The first kappa shape index (κ1) is 15.5. The Labute approximate surface area is 131 Å². The van der Waals surface area contributed by atoms with Crippen LogP contribution < -0.4 is 0 Å². The Morgan fingerprint density at radius 3 is 2.40 bits per heavy atom. The van der Waals surface area contributed by atoms with Gasteiger partial charge in [-0.1, -0.05) is 36.4 Å². The highest BCUT2D eigenvalue weighted by Crippen LogP contribution is 2.31. The number of aryl methyl sites for hydroxylation is 2. The maximum Gasteiger partial charge on any atom is 0.0297 e. The molecular formula is C18H22S2. The van der Waals surface area contributed by atoms with Crippen LogP contribution in [0.1, 0.15) is 28.4 Å². The lowest BCUT2D eigenvalue weighted by molar-refractivity contribution is 0.801. The molecule has 0 saturated heterocycles. The zero-order valence-electron chi connectivity index (χ0n) is 12.4. The first-order valence-corrected chi connectivity index (χ1v) is 9.46. The molecule has 20 heavy (non-hydrogen) atoms. The standard InChI is InChI=1S/C18H22S2/c1-14-11-15(13-17(12-14)19-2)9-10-18(20-3)16-7-5-4-6-8-16/h4-8,11-13,18H,9-10H2,1-3H3. The van der Waals surface area contributed by atoms with Gasteiger partial charge in [0.25, 0.3) is 0 Å². The van der Waals surface area contributed by atoms with E-state index in [0.717, 1.165) is 6.42 Å². The summed E-state index contributed by atoms with van der Waals surface area (Å²) >= 11 is 3.78. The topological polar surface area (TPSA) is 0 Å². The normalized spacial score (nSPS) is 12.3. The zero-order chi connectivity index (χ0) is 14.4. The minimum atomic E-state index is 0.592. The highest BCUT2D eigenvalue weighted by molar-refractivity contribution is 7.99. The Hall–Kier alpha value is -0.860. The van der Waals surface area contributed by atoms with Gasteiger partial charge in [0, 0.05) is 10.1 Å². The summed E-state index contributed by atoms with van der Waals surface area (Å²) in [5, 5.41) is 0.592. The summed E-state index contributed by atoms with van der Waals surface area (Å²) in [5.74, 6) is 0. The van der Waals surface area contributed by atoms with Gasteiger partial charge >= 0.3 is 0 Å². The number of benzene rings is 2. The zero-order valence-corrected chi connectivity index (χ0v) is 14.1. The van der Waals surface area contributed by atoms with Crippen LogP contribution in [0.5, 0.6) is 0 Å². The van der Waals surface area contributed by atoms with Crippen molar-refractivity contribution in [3.63, 3.8) is 0 Å². The van der Waals surface area contributed by atoms with Crippen molar-refractivity contribution >= 4 is 23.5 Å². The minimum Gasteiger partial charge on any atom is -0.157 e. The summed E-state index contributed by atoms with van der Waals surface area (Å²) < 4.78 is 0. The third kappa shape index (κ3) is 4.32. The van der Waals surface area contributed by atoms with E-state index in [9.17, 15) is 0 Å². The van der Waals surface area contributed by atoms with Gasteiger partial charge in [0.2, 0.25) is 0 Å². The molecule has 2 rings (SSSR count). The van der Waals surface area contributed by atoms with Crippen molar-refractivity contribution < 1.29 is 0 Å². The molecule has 0 N–H and O–H groups in total. The SMILES string of the molecule is CSc1cc(C)cc(CCC(SC)c2ccccc2)c1. The van der Waals surface area contributed by atoms with Gasteiger partial charge in [-0.25, -0.2) is 0 Å². The van der Waals surface area contributed by atoms with Gasteiger partial charge in [0.15, 0.2) is 0 Å². The van der Waals surface area contributed by atoms with E-state index in [-0.39, 0.29) is 0 Å². The summed E-state index contributed by atoms with van der Waals surface area (Å²) in [5.41, 5.74) is 4.27. The van der Waals surface area contributed by atoms with Gasteiger partial charge in [0.1, 0.15) is 0 Å². The second-order valence-corrected chi connectivity index (χ2v) is 6.95. The van der Waals surface area contributed by atoms with Crippen molar-refractivity contribution in [2.24, 2.45) is 0 Å². The third-order valence-electron chi connectivity index (χ3n) is 3.50. The van der Waals surface area contributed by atoms with Crippen molar-refractivity contribution in [1.82, 2.24) is 0 Å². The van der Waals surface area contributed by atoms with Crippen LogP contribution in [0.4, 0.5) is 0 Å². The van der Waals surface area contributed by atoms with Crippen molar-refractivity contribution in [2.45, 2.75) is 29.9 Å². The molecule has 0 saturated carbocycles. The molecule has 0 bridgehead atoms. The van der Waals surface area contributed by atoms with Gasteiger partial charge in [-0.3, -0.25) is 0 Å². The number of hydrogen-bond acceptors (Lipinski definition) is 2. The maximum absolute atomic E-state index is 2.33. The fourth-order valence-corrected chi connectivity index (χ4v) is 3.83. The molecule has 2 aromatic carbocycles. The van der Waals surface area contributed by atoms with Crippen LogP contribution in [0.25, 0.3) is 0 Å². The second-order valence-electron chi connectivity index (χ2n) is 5.03. The van der Waals surface area contributed by atoms with Gasteiger partial charge in [-0.15, -0.1) is 11.8 Å². The third-order valence-corrected chi connectivity index (χ3v) is 5.28. The van der Waals surface area contributed by atoms with Crippen LogP contribution in [0.2, 0.25) is 0 Å². The van der Waals surface area contributed by atoms with E-state index in [1.807, 2.05) is 23.5 Å². The molecule has 0 nitrogen and oxygen atoms in total. The molecule has 2 aromatic rings. The maximum atomic E-state index is 2.33. The number of rotatable bonds is 6. The largest absolute Gasteiger partial charge is 0.157 e. The van der Waals surface area contributed by atoms with Gasteiger partial charge in [0.05, 0.1) is 0 Å². The Kier molecular flexibility index (Phi) is 6.06. The van der Waals surface area contributed by atoms with E-state index in [1.54, 1.807) is 0 Å². The molecular weight excluding hydrogens is 280 g/mol. The first-order chi connectivity index (χ1) is 9.72. The highest BCUT2D eigenvalue weighted by Gasteiger charge is 2.10. The fourth-order valence-electron chi connectivity index (χ4n) is 2.47. The second kappa shape index (κ2) is 7.80. The predicted octanol–water partition coefficient (Wildman–Crippen LogP) is 5.75. The summed E-state index contributed by atoms with van der Waals surface area (Å²) in [6.07, 6.45) is 6.70. The quantitative estimate of drug-likeness (QED) is 0.623. The van der Waals surface area contributed by atoms with Crippen LogP contribution in [-0.4, -0.2) is 12.5 Å². The summed E-state index contributed by atoms with van der Waals surface area (Å²) in [4.78, 5) is 1.38. The fraction of sp³-hybridized carbons (Fsp3) is 0.333. The molecule has 0 fully saturated rings. The Morgan fingerprint density at radius 2 is 1.75 bits per heavy atom. The van der Waals surface area contributed by atoms with E-state index in [0.29, 0.717) is 5.25 Å². The predicted molar refractivity (Wildman–Crippen MR) is 94.0 cm³/mol. The number of thioether (sulfide) groups is 2. The van der Waals surface area contributed by atoms with Crippen LogP contribution in [0.3, 0.4) is 0 Å². The average Bonchev–Trinajstić information content (AvgIpc) is 2.48. The van der Waals surface area contributed by atoms with Crippen LogP contribution in [0.15, 0.2) is 53.4 Å². The number of hydrogen-bond donors (Lipinski definition) is 0. The molecule has 1 unspecified atom stereocenters. The summed E-state index contributed by atoms with van der Waals surface area (Å²) in [6.45, 7) is 2.19. The van der Waals surface area contributed by atoms with Crippen LogP contribution >= 0.6 is 23.5 Å². The molecule has 0 aromatic heterocycles. The van der Waals surface area contributed by atoms with E-state index in [2.05, 4.69) is 68.0 Å². The monoisotopic (exact) mass is 302 g/mol. The lowest BCUT2D eigenvalue weighted by Crippen LogP contribution is -1.97. The molecule has 0 aliphatic heterocycles. The molecule has 0 aliphatic carbocycles. The first-order valence-electron chi connectivity index (χ1n) is 6.95. The average molecular weight is 303 g/mol. The Balaban J connectivity index is 2.05. The van der Waals surface area contributed by atoms with Crippen molar-refractivity contribution in [3.05, 3.63) is 65.2 Å². The summed E-state index contributed by atoms with van der Waals surface area (Å²) in [6, 6.07) is 17.8. The molecule has 106 valence electrons. The smallest absolute Gasteiger partial charge is 0.0297 e. The van der Waals surface area contributed by atoms with Gasteiger partial charge in [-0.2, -0.15) is 11.8 Å². The Morgan fingerprint density at radius 1 is 1.00 bits per heavy atom. The molecule has 1 atom stereocenters. The molecule has 0 aliphatic rings. The molecule has 0 heterocycles. The van der Waals surface area contributed by atoms with Crippen LogP contribution in [-0.2, 0) is 6.42 Å². The van der Waals surface area contributed by atoms with E-state index < -0.39 is 0 Å². The van der Waals surface area contributed by atoms with Gasteiger partial charge < -0.3 is 0 Å². The molecule has 2 heteroatoms. The van der Waals surface area contributed by atoms with E-state index in [1.165, 1.54) is 28.0 Å². The molecule has 0 radical (unpaired) electrons. The summed E-state index contributed by atoms with van der Waals surface area (Å²) in [7, 11) is 0. The lowest BCUT2D eigenvalue weighted by Gasteiger charge is -2.15. The lowest BCUT2D eigenvalue weighted by atomic mass is 10.0.